The zero-order chi connectivity index (χ0) is 21.6. The Bertz CT molecular complexity index is 617. The van der Waals surface area contributed by atoms with Crippen molar-refractivity contribution in [1.82, 2.24) is 0 Å². The minimum absolute atomic E-state index is 0.0165. The molecule has 0 saturated carbocycles. The maximum Gasteiger partial charge on any atom is 0.397 e. The van der Waals surface area contributed by atoms with E-state index in [1.165, 1.54) is 38.5 Å². The van der Waals surface area contributed by atoms with Crippen LogP contribution >= 0.6 is 0 Å². The normalized spacial score (nSPS) is 19.6. The van der Waals surface area contributed by atoms with Gasteiger partial charge in [0.15, 0.2) is 0 Å². The van der Waals surface area contributed by atoms with E-state index in [0.29, 0.717) is 19.3 Å². The molecular formula is C21H37NO6S. The van der Waals surface area contributed by atoms with Gasteiger partial charge in [0.05, 0.1) is 6.61 Å². The Labute approximate surface area is 175 Å². The van der Waals surface area contributed by atoms with Crippen LogP contribution in [0.1, 0.15) is 90.9 Å². The van der Waals surface area contributed by atoms with Crippen molar-refractivity contribution < 1.29 is 26.7 Å². The van der Waals surface area contributed by atoms with Crippen LogP contribution in [-0.2, 0) is 24.1 Å². The third-order valence-electron chi connectivity index (χ3n) is 4.99. The Morgan fingerprint density at radius 2 is 1.72 bits per heavy atom. The summed E-state index contributed by atoms with van der Waals surface area (Å²) in [5, 5.41) is 0. The highest BCUT2D eigenvalue weighted by molar-refractivity contribution is 7.80. The third kappa shape index (κ3) is 12.8. The molecule has 0 saturated heterocycles. The van der Waals surface area contributed by atoms with Gasteiger partial charge in [0.1, 0.15) is 0 Å². The van der Waals surface area contributed by atoms with Crippen LogP contribution in [0.5, 0.6) is 0 Å². The van der Waals surface area contributed by atoms with Crippen LogP contribution in [0.2, 0.25) is 0 Å². The summed E-state index contributed by atoms with van der Waals surface area (Å²) >= 11 is 0. The molecule has 0 aromatic carbocycles. The SMILES string of the molecule is CCCCCCCCCCCC(=O)OC1(CC(C)CCOS(=O)(=O)O)C=CC=N1. The molecule has 168 valence electrons. The number of hydrogen-bond acceptors (Lipinski definition) is 6. The van der Waals surface area contributed by atoms with E-state index in [1.54, 1.807) is 18.4 Å². The standard InChI is InChI=1S/C21H37NO6S/c1-3-4-5-6-7-8-9-10-11-13-20(23)28-21(15-12-16-22-21)18-19(2)14-17-27-29(24,25)26/h12,15-16,19H,3-11,13-14,17-18H2,1-2H3,(H,24,25,26). The summed E-state index contributed by atoms with van der Waals surface area (Å²) < 4.78 is 39.9. The summed E-state index contributed by atoms with van der Waals surface area (Å²) in [6, 6.07) is 0. The molecule has 1 N–H and O–H groups in total. The molecule has 0 bridgehead atoms. The van der Waals surface area contributed by atoms with Crippen LogP contribution in [-0.4, -0.2) is 37.5 Å². The van der Waals surface area contributed by atoms with Gasteiger partial charge in [-0.2, -0.15) is 8.42 Å². The maximum absolute atomic E-state index is 12.3. The lowest BCUT2D eigenvalue weighted by Crippen LogP contribution is -2.32. The van der Waals surface area contributed by atoms with Gasteiger partial charge in [-0.05, 0) is 30.9 Å². The molecule has 0 fully saturated rings. The van der Waals surface area contributed by atoms with Crippen molar-refractivity contribution in [2.45, 2.75) is 96.6 Å². The smallest absolute Gasteiger partial charge is 0.397 e. The van der Waals surface area contributed by atoms with Crippen molar-refractivity contribution >= 4 is 22.6 Å². The quantitative estimate of drug-likeness (QED) is 0.197. The summed E-state index contributed by atoms with van der Waals surface area (Å²) in [5.41, 5.74) is -1.02. The number of ether oxygens (including phenoxy) is 1. The first-order valence-corrected chi connectivity index (χ1v) is 12.2. The topological polar surface area (TPSA) is 102 Å². The van der Waals surface area contributed by atoms with Gasteiger partial charge in [0.2, 0.25) is 5.72 Å². The number of carbonyl (C=O) groups excluding carboxylic acids is 1. The molecule has 2 atom stereocenters. The average molecular weight is 432 g/mol. The Hall–Kier alpha value is -1.25. The first-order valence-electron chi connectivity index (χ1n) is 10.8. The molecule has 1 rings (SSSR count). The van der Waals surface area contributed by atoms with E-state index in [1.807, 2.05) is 6.92 Å². The molecule has 1 aliphatic heterocycles. The van der Waals surface area contributed by atoms with Crippen LogP contribution in [0.4, 0.5) is 0 Å². The predicted molar refractivity (Wildman–Crippen MR) is 114 cm³/mol. The second kappa shape index (κ2) is 13.9. The Balaban J connectivity index is 2.26. The minimum atomic E-state index is -4.43. The lowest BCUT2D eigenvalue weighted by atomic mass is 9.96. The number of nitrogens with zero attached hydrogens (tertiary/aromatic N) is 1. The van der Waals surface area contributed by atoms with Crippen molar-refractivity contribution in [2.24, 2.45) is 10.9 Å². The Morgan fingerprint density at radius 1 is 1.10 bits per heavy atom. The van der Waals surface area contributed by atoms with Crippen LogP contribution < -0.4 is 0 Å². The van der Waals surface area contributed by atoms with Gasteiger partial charge in [-0.25, -0.2) is 9.18 Å². The summed E-state index contributed by atoms with van der Waals surface area (Å²) in [7, 11) is -4.43. The molecule has 0 amide bonds. The molecule has 2 unspecified atom stereocenters. The van der Waals surface area contributed by atoms with Crippen LogP contribution in [0.15, 0.2) is 17.1 Å². The number of allylic oxidation sites excluding steroid dienone is 1. The van der Waals surface area contributed by atoms with E-state index < -0.39 is 16.1 Å². The summed E-state index contributed by atoms with van der Waals surface area (Å²) in [5.74, 6) is -0.282. The van der Waals surface area contributed by atoms with E-state index >= 15 is 0 Å². The van der Waals surface area contributed by atoms with Gasteiger partial charge in [0.25, 0.3) is 0 Å². The van der Waals surface area contributed by atoms with Gasteiger partial charge in [-0.1, -0.05) is 65.2 Å². The number of aliphatic imine (C=N–C) groups is 1. The number of esters is 1. The third-order valence-corrected chi connectivity index (χ3v) is 5.46. The summed E-state index contributed by atoms with van der Waals surface area (Å²) in [4.78, 5) is 16.6. The maximum atomic E-state index is 12.3. The average Bonchev–Trinajstić information content (AvgIpc) is 3.06. The number of carbonyl (C=O) groups is 1. The van der Waals surface area contributed by atoms with Crippen molar-refractivity contribution in [3.63, 3.8) is 0 Å². The first-order chi connectivity index (χ1) is 13.8. The molecule has 29 heavy (non-hydrogen) atoms. The number of hydrogen-bond donors (Lipinski definition) is 1. The molecule has 1 aliphatic rings. The van der Waals surface area contributed by atoms with Gasteiger partial charge >= 0.3 is 16.4 Å². The second-order valence-electron chi connectivity index (χ2n) is 7.88. The van der Waals surface area contributed by atoms with Gasteiger partial charge < -0.3 is 4.74 Å². The van der Waals surface area contributed by atoms with E-state index in [0.717, 1.165) is 19.3 Å². The minimum Gasteiger partial charge on any atom is -0.433 e. The van der Waals surface area contributed by atoms with Crippen LogP contribution in [0.3, 0.4) is 0 Å². The molecule has 8 heteroatoms. The van der Waals surface area contributed by atoms with Crippen LogP contribution in [0.25, 0.3) is 0 Å². The van der Waals surface area contributed by atoms with E-state index in [-0.39, 0.29) is 18.5 Å². The monoisotopic (exact) mass is 431 g/mol. The number of rotatable bonds is 17. The lowest BCUT2D eigenvalue weighted by molar-refractivity contribution is -0.155. The molecule has 0 aromatic rings. The van der Waals surface area contributed by atoms with E-state index in [4.69, 9.17) is 9.29 Å². The molecule has 0 aliphatic carbocycles. The molecule has 7 nitrogen and oxygen atoms in total. The van der Waals surface area contributed by atoms with Crippen molar-refractivity contribution in [3.8, 4) is 0 Å². The Kier molecular flexibility index (Phi) is 12.3. The molecule has 1 heterocycles. The predicted octanol–water partition coefficient (Wildman–Crippen LogP) is 5.02. The van der Waals surface area contributed by atoms with Crippen molar-refractivity contribution in [3.05, 3.63) is 12.2 Å². The van der Waals surface area contributed by atoms with Gasteiger partial charge in [0, 0.05) is 19.1 Å². The van der Waals surface area contributed by atoms with E-state index in [9.17, 15) is 13.2 Å². The zero-order valence-corrected chi connectivity index (χ0v) is 18.7. The van der Waals surface area contributed by atoms with Crippen molar-refractivity contribution in [2.75, 3.05) is 6.61 Å². The fourth-order valence-electron chi connectivity index (χ4n) is 3.41. The van der Waals surface area contributed by atoms with Crippen molar-refractivity contribution in [1.29, 1.82) is 0 Å². The molecular weight excluding hydrogens is 394 g/mol. The zero-order valence-electron chi connectivity index (χ0n) is 17.8. The molecule has 0 radical (unpaired) electrons. The lowest BCUT2D eigenvalue weighted by Gasteiger charge is -2.27. The summed E-state index contributed by atoms with van der Waals surface area (Å²) in [6.45, 7) is 3.98. The Morgan fingerprint density at radius 3 is 2.28 bits per heavy atom. The van der Waals surface area contributed by atoms with Gasteiger partial charge in [-0.3, -0.25) is 9.35 Å². The first kappa shape index (κ1) is 25.8. The summed E-state index contributed by atoms with van der Waals surface area (Å²) in [6.07, 6.45) is 17.0. The van der Waals surface area contributed by atoms with Gasteiger partial charge in [-0.15, -0.1) is 0 Å². The van der Waals surface area contributed by atoms with Crippen LogP contribution in [0, 0.1) is 5.92 Å². The van der Waals surface area contributed by atoms with E-state index in [2.05, 4.69) is 16.1 Å². The molecule has 0 spiro atoms. The molecule has 0 aromatic heterocycles. The highest BCUT2D eigenvalue weighted by Crippen LogP contribution is 2.29. The highest BCUT2D eigenvalue weighted by atomic mass is 32.3. The largest absolute Gasteiger partial charge is 0.433 e. The fourth-order valence-corrected chi connectivity index (χ4v) is 3.72. The highest BCUT2D eigenvalue weighted by Gasteiger charge is 2.34. The second-order valence-corrected chi connectivity index (χ2v) is 8.97. The fraction of sp³-hybridized carbons (Fsp3) is 0.810. The number of unbranched alkanes of at least 4 members (excludes halogenated alkanes) is 8.